The number of pyridine rings is 2. The topological polar surface area (TPSA) is 90.4 Å². The molecule has 1 N–H and O–H groups in total. The van der Waals surface area contributed by atoms with Crippen molar-refractivity contribution in [3.8, 4) is 11.6 Å². The van der Waals surface area contributed by atoms with Crippen molar-refractivity contribution in [2.75, 3.05) is 19.0 Å². The molecule has 1 aromatic carbocycles. The van der Waals surface area contributed by atoms with Gasteiger partial charge in [0.2, 0.25) is 11.8 Å². The second-order valence-electron chi connectivity index (χ2n) is 7.13. The van der Waals surface area contributed by atoms with Crippen LogP contribution in [0.4, 0.5) is 23.2 Å². The van der Waals surface area contributed by atoms with Crippen LogP contribution in [0.15, 0.2) is 47.5 Å². The fourth-order valence-corrected chi connectivity index (χ4v) is 3.80. The SMILES string of the molecule is CN[S+]([O-])c1cccc(N(C)C(=O)c2c(Oc3ccc(F)nc3C)ncc(C(F)(F)F)c2C)c1. The van der Waals surface area contributed by atoms with Crippen LogP contribution in [0.1, 0.15) is 27.2 Å². The van der Waals surface area contributed by atoms with Crippen LogP contribution < -0.4 is 14.4 Å². The van der Waals surface area contributed by atoms with Gasteiger partial charge in [-0.05, 0) is 43.7 Å². The normalized spacial score (nSPS) is 12.4. The van der Waals surface area contributed by atoms with Crippen LogP contribution in [0.25, 0.3) is 0 Å². The zero-order valence-corrected chi connectivity index (χ0v) is 19.3. The molecule has 0 saturated heterocycles. The molecule has 0 aliphatic rings. The number of rotatable bonds is 6. The summed E-state index contributed by atoms with van der Waals surface area (Å²) in [5, 5.41) is 0. The van der Waals surface area contributed by atoms with Gasteiger partial charge in [-0.15, -0.1) is 4.72 Å². The maximum atomic E-state index is 13.6. The average molecular weight is 496 g/mol. The van der Waals surface area contributed by atoms with Crippen LogP contribution in [0, 0.1) is 19.8 Å². The third-order valence-corrected chi connectivity index (χ3v) is 5.99. The molecule has 0 radical (unpaired) electrons. The Bertz CT molecular complexity index is 1220. The summed E-state index contributed by atoms with van der Waals surface area (Å²) >= 11 is -1.54. The van der Waals surface area contributed by atoms with E-state index in [2.05, 4.69) is 14.7 Å². The highest BCUT2D eigenvalue weighted by molar-refractivity contribution is 7.89. The minimum atomic E-state index is -4.76. The van der Waals surface area contributed by atoms with Gasteiger partial charge in [0.25, 0.3) is 5.91 Å². The van der Waals surface area contributed by atoms with Gasteiger partial charge in [0, 0.05) is 32.0 Å². The second kappa shape index (κ2) is 9.95. The molecule has 3 aromatic rings. The summed E-state index contributed by atoms with van der Waals surface area (Å²) in [5.41, 5.74) is -1.52. The van der Waals surface area contributed by atoms with Gasteiger partial charge >= 0.3 is 6.18 Å². The average Bonchev–Trinajstić information content (AvgIpc) is 2.78. The Morgan fingerprint density at radius 3 is 2.53 bits per heavy atom. The fraction of sp³-hybridized carbons (Fsp3) is 0.227. The Balaban J connectivity index is 2.11. The molecular weight excluding hydrogens is 476 g/mol. The summed E-state index contributed by atoms with van der Waals surface area (Å²) in [6.45, 7) is 2.58. The van der Waals surface area contributed by atoms with Crippen LogP contribution in [0.3, 0.4) is 0 Å². The zero-order chi connectivity index (χ0) is 25.2. The maximum Gasteiger partial charge on any atom is 0.418 e. The van der Waals surface area contributed by atoms with Gasteiger partial charge in [-0.2, -0.15) is 17.6 Å². The molecule has 0 aliphatic carbocycles. The van der Waals surface area contributed by atoms with Gasteiger partial charge in [-0.25, -0.2) is 9.97 Å². The van der Waals surface area contributed by atoms with Crippen LogP contribution in [-0.4, -0.2) is 34.5 Å². The second-order valence-corrected chi connectivity index (χ2v) is 8.55. The third-order valence-electron chi connectivity index (χ3n) is 4.94. The van der Waals surface area contributed by atoms with E-state index in [9.17, 15) is 26.9 Å². The van der Waals surface area contributed by atoms with Gasteiger partial charge in [0.1, 0.15) is 5.56 Å². The van der Waals surface area contributed by atoms with Crippen molar-refractivity contribution in [1.29, 1.82) is 0 Å². The monoisotopic (exact) mass is 496 g/mol. The number of ether oxygens (including phenoxy) is 1. The van der Waals surface area contributed by atoms with E-state index in [1.807, 2.05) is 0 Å². The summed E-state index contributed by atoms with van der Waals surface area (Å²) in [5.74, 6) is -1.98. The van der Waals surface area contributed by atoms with E-state index < -0.39 is 52.0 Å². The number of hydrogen-bond acceptors (Lipinski definition) is 6. The van der Waals surface area contributed by atoms with Gasteiger partial charge in [0.05, 0.1) is 22.6 Å². The standard InChI is InChI=1S/C22H20F4N4O3S/c1-12-16(22(24,25)26)11-28-20(33-17-8-9-18(23)29-13(17)2)19(12)21(31)30(4)14-6-5-7-15(10-14)34(32)27-3/h5-11,27H,1-4H3. The lowest BCUT2D eigenvalue weighted by Gasteiger charge is -2.22. The highest BCUT2D eigenvalue weighted by Crippen LogP contribution is 2.37. The molecule has 180 valence electrons. The molecule has 2 heterocycles. The number of carbonyl (C=O) groups excluding carboxylic acids is 1. The minimum absolute atomic E-state index is 0.0242. The summed E-state index contributed by atoms with van der Waals surface area (Å²) < 4.78 is 74.3. The van der Waals surface area contributed by atoms with Crippen LogP contribution >= 0.6 is 0 Å². The van der Waals surface area contributed by atoms with E-state index >= 15 is 0 Å². The number of nitrogens with zero attached hydrogens (tertiary/aromatic N) is 3. The third kappa shape index (κ3) is 5.29. The van der Waals surface area contributed by atoms with Crippen molar-refractivity contribution in [1.82, 2.24) is 14.7 Å². The quantitative estimate of drug-likeness (QED) is 0.306. The minimum Gasteiger partial charge on any atom is -0.593 e. The van der Waals surface area contributed by atoms with Crippen molar-refractivity contribution in [3.05, 3.63) is 70.9 Å². The number of amides is 1. The molecule has 1 unspecified atom stereocenters. The Morgan fingerprint density at radius 1 is 1.21 bits per heavy atom. The number of alkyl halides is 3. The first-order valence-corrected chi connectivity index (χ1v) is 10.9. The Morgan fingerprint density at radius 2 is 1.91 bits per heavy atom. The first kappa shape index (κ1) is 25.4. The molecule has 34 heavy (non-hydrogen) atoms. The van der Waals surface area contributed by atoms with Crippen molar-refractivity contribution >= 4 is 23.0 Å². The number of benzene rings is 1. The summed E-state index contributed by atoms with van der Waals surface area (Å²) in [6, 6.07) is 8.39. The van der Waals surface area contributed by atoms with Gasteiger partial charge < -0.3 is 14.2 Å². The molecular formula is C22H20F4N4O3S. The number of carbonyl (C=O) groups is 1. The molecule has 1 atom stereocenters. The van der Waals surface area contributed by atoms with Crippen molar-refractivity contribution in [2.24, 2.45) is 0 Å². The smallest absolute Gasteiger partial charge is 0.418 e. The van der Waals surface area contributed by atoms with Crippen LogP contribution in [0.2, 0.25) is 0 Å². The molecule has 0 fully saturated rings. The number of aryl methyl sites for hydroxylation is 1. The molecule has 7 nitrogen and oxygen atoms in total. The van der Waals surface area contributed by atoms with E-state index in [0.717, 1.165) is 17.9 Å². The number of hydrogen-bond donors (Lipinski definition) is 1. The summed E-state index contributed by atoms with van der Waals surface area (Å²) in [7, 11) is 2.85. The Kier molecular flexibility index (Phi) is 7.44. The molecule has 0 saturated carbocycles. The van der Waals surface area contributed by atoms with Crippen molar-refractivity contribution in [2.45, 2.75) is 24.9 Å². The largest absolute Gasteiger partial charge is 0.593 e. The number of nitrogens with one attached hydrogen (secondary N) is 1. The first-order valence-electron chi connectivity index (χ1n) is 9.79. The Hall–Kier alpha value is -3.22. The van der Waals surface area contributed by atoms with E-state index in [1.54, 1.807) is 18.2 Å². The van der Waals surface area contributed by atoms with E-state index in [1.165, 1.54) is 33.2 Å². The van der Waals surface area contributed by atoms with E-state index in [4.69, 9.17) is 4.74 Å². The van der Waals surface area contributed by atoms with Crippen LogP contribution in [-0.2, 0) is 17.5 Å². The molecule has 0 spiro atoms. The summed E-state index contributed by atoms with van der Waals surface area (Å²) in [4.78, 5) is 22.2. The molecule has 3 rings (SSSR count). The molecule has 1 amide bonds. The van der Waals surface area contributed by atoms with Gasteiger partial charge in [-0.1, -0.05) is 6.07 Å². The lowest BCUT2D eigenvalue weighted by Crippen LogP contribution is -2.29. The number of halogens is 4. The highest BCUT2D eigenvalue weighted by Gasteiger charge is 2.37. The van der Waals surface area contributed by atoms with Crippen molar-refractivity contribution < 1.29 is 31.6 Å². The first-order chi connectivity index (χ1) is 15.9. The van der Waals surface area contributed by atoms with Gasteiger partial charge in [0.15, 0.2) is 10.6 Å². The Labute approximate surface area is 196 Å². The molecule has 0 bridgehead atoms. The number of anilines is 1. The van der Waals surface area contributed by atoms with E-state index in [0.29, 0.717) is 11.1 Å². The predicted molar refractivity (Wildman–Crippen MR) is 118 cm³/mol. The lowest BCUT2D eigenvalue weighted by molar-refractivity contribution is -0.138. The van der Waals surface area contributed by atoms with Crippen molar-refractivity contribution in [3.63, 3.8) is 0 Å². The fourth-order valence-electron chi connectivity index (χ4n) is 3.13. The molecule has 12 heteroatoms. The van der Waals surface area contributed by atoms with Gasteiger partial charge in [-0.3, -0.25) is 4.79 Å². The lowest BCUT2D eigenvalue weighted by atomic mass is 10.0. The number of aromatic nitrogens is 2. The predicted octanol–water partition coefficient (Wildman–Crippen LogP) is 4.56. The van der Waals surface area contributed by atoms with E-state index in [-0.39, 0.29) is 17.1 Å². The zero-order valence-electron chi connectivity index (χ0n) is 18.5. The molecule has 0 aliphatic heterocycles. The maximum absolute atomic E-state index is 13.6. The summed E-state index contributed by atoms with van der Waals surface area (Å²) in [6.07, 6.45) is -4.19. The molecule has 2 aromatic heterocycles. The van der Waals surface area contributed by atoms with Crippen LogP contribution in [0.5, 0.6) is 11.6 Å². The highest BCUT2D eigenvalue weighted by atomic mass is 32.2.